The molecular formula is C15H15N3O3. The Morgan fingerprint density at radius 3 is 2.57 bits per heavy atom. The van der Waals surface area contributed by atoms with Crippen LogP contribution in [0, 0.1) is 17.0 Å². The predicted molar refractivity (Wildman–Crippen MR) is 81.4 cm³/mol. The van der Waals surface area contributed by atoms with Crippen molar-refractivity contribution in [1.29, 1.82) is 0 Å². The van der Waals surface area contributed by atoms with Gasteiger partial charge in [0.25, 0.3) is 5.69 Å². The van der Waals surface area contributed by atoms with Gasteiger partial charge in [-0.1, -0.05) is 24.3 Å². The van der Waals surface area contributed by atoms with Crippen molar-refractivity contribution < 1.29 is 9.72 Å². The minimum absolute atomic E-state index is 0.0368. The summed E-state index contributed by atoms with van der Waals surface area (Å²) in [5, 5.41) is 16.4. The molecule has 0 aliphatic carbocycles. The minimum atomic E-state index is -0.514. The van der Waals surface area contributed by atoms with E-state index in [4.69, 9.17) is 0 Å². The van der Waals surface area contributed by atoms with Crippen LogP contribution in [-0.2, 0) is 4.79 Å². The van der Waals surface area contributed by atoms with Crippen LogP contribution in [0.1, 0.15) is 5.56 Å². The molecule has 0 atom stereocenters. The van der Waals surface area contributed by atoms with Gasteiger partial charge in [-0.05, 0) is 30.7 Å². The van der Waals surface area contributed by atoms with Crippen molar-refractivity contribution >= 4 is 23.0 Å². The van der Waals surface area contributed by atoms with Crippen LogP contribution in [0.5, 0.6) is 0 Å². The number of anilines is 2. The molecule has 0 aliphatic heterocycles. The molecule has 0 radical (unpaired) electrons. The Labute approximate surface area is 121 Å². The Hall–Kier alpha value is -2.89. The van der Waals surface area contributed by atoms with Crippen LogP contribution < -0.4 is 10.6 Å². The van der Waals surface area contributed by atoms with Gasteiger partial charge in [0.1, 0.15) is 5.69 Å². The van der Waals surface area contributed by atoms with E-state index in [9.17, 15) is 14.9 Å². The van der Waals surface area contributed by atoms with E-state index in [1.807, 2.05) is 37.3 Å². The molecular weight excluding hydrogens is 270 g/mol. The van der Waals surface area contributed by atoms with Gasteiger partial charge in [0, 0.05) is 11.8 Å². The zero-order valence-corrected chi connectivity index (χ0v) is 11.5. The normalized spacial score (nSPS) is 9.95. The summed E-state index contributed by atoms with van der Waals surface area (Å²) in [6.45, 7) is 1.84. The van der Waals surface area contributed by atoms with Gasteiger partial charge < -0.3 is 10.6 Å². The topological polar surface area (TPSA) is 84.3 Å². The third-order valence-electron chi connectivity index (χ3n) is 2.85. The molecule has 2 aromatic rings. The van der Waals surface area contributed by atoms with Crippen molar-refractivity contribution in [2.75, 3.05) is 17.2 Å². The molecule has 0 saturated heterocycles. The molecule has 2 N–H and O–H groups in total. The molecule has 0 aromatic heterocycles. The number of amides is 1. The largest absolute Gasteiger partial charge is 0.376 e. The molecule has 2 rings (SSSR count). The second kappa shape index (κ2) is 6.51. The predicted octanol–water partition coefficient (Wildman–Crippen LogP) is 2.95. The number of nitro groups is 1. The smallest absolute Gasteiger partial charge is 0.292 e. The molecule has 0 unspecified atom stereocenters. The molecule has 2 aromatic carbocycles. The lowest BCUT2D eigenvalue weighted by Gasteiger charge is -2.08. The Morgan fingerprint density at radius 2 is 1.90 bits per heavy atom. The van der Waals surface area contributed by atoms with Crippen LogP contribution in [0.4, 0.5) is 17.1 Å². The van der Waals surface area contributed by atoms with E-state index >= 15 is 0 Å². The highest BCUT2D eigenvalue weighted by Gasteiger charge is 2.15. The molecule has 6 heteroatoms. The number of para-hydroxylation sites is 1. The van der Waals surface area contributed by atoms with E-state index in [1.165, 1.54) is 6.07 Å². The lowest BCUT2D eigenvalue weighted by Crippen LogP contribution is -2.22. The highest BCUT2D eigenvalue weighted by atomic mass is 16.6. The molecule has 6 nitrogen and oxygen atoms in total. The first kappa shape index (κ1) is 14.5. The maximum atomic E-state index is 11.9. The summed E-state index contributed by atoms with van der Waals surface area (Å²) in [5.74, 6) is -0.340. The number of nitro benzene ring substituents is 1. The molecule has 1 amide bonds. The van der Waals surface area contributed by atoms with Gasteiger partial charge in [-0.15, -0.1) is 0 Å². The monoisotopic (exact) mass is 285 g/mol. The van der Waals surface area contributed by atoms with Crippen molar-refractivity contribution in [2.45, 2.75) is 6.92 Å². The van der Waals surface area contributed by atoms with E-state index in [1.54, 1.807) is 12.1 Å². The second-order valence-corrected chi connectivity index (χ2v) is 4.55. The maximum absolute atomic E-state index is 11.9. The van der Waals surface area contributed by atoms with Crippen LogP contribution in [0.2, 0.25) is 0 Å². The number of carbonyl (C=O) groups excluding carboxylic acids is 1. The number of nitrogens with one attached hydrogen (secondary N) is 2. The number of nitrogens with zero attached hydrogens (tertiary/aromatic N) is 1. The first-order chi connectivity index (χ1) is 10.1. The van der Waals surface area contributed by atoms with Gasteiger partial charge >= 0.3 is 0 Å². The summed E-state index contributed by atoms with van der Waals surface area (Å²) in [4.78, 5) is 22.3. The summed E-state index contributed by atoms with van der Waals surface area (Å²) in [6.07, 6.45) is 0. The first-order valence-corrected chi connectivity index (χ1v) is 6.40. The molecule has 0 spiro atoms. The van der Waals surface area contributed by atoms with Crippen LogP contribution in [0.15, 0.2) is 48.5 Å². The van der Waals surface area contributed by atoms with Crippen molar-refractivity contribution in [3.8, 4) is 0 Å². The Morgan fingerprint density at radius 1 is 1.19 bits per heavy atom. The van der Waals surface area contributed by atoms with Crippen molar-refractivity contribution in [2.24, 2.45) is 0 Å². The first-order valence-electron chi connectivity index (χ1n) is 6.40. The van der Waals surface area contributed by atoms with E-state index in [-0.39, 0.29) is 23.8 Å². The fourth-order valence-corrected chi connectivity index (χ4v) is 1.84. The van der Waals surface area contributed by atoms with E-state index in [0.717, 1.165) is 11.3 Å². The van der Waals surface area contributed by atoms with Gasteiger partial charge in [-0.25, -0.2) is 0 Å². The van der Waals surface area contributed by atoms with Crippen LogP contribution in [0.3, 0.4) is 0 Å². The standard InChI is InChI=1S/C15H15N3O3/c1-11-7-8-14(18(20)21)13(9-11)17-15(19)10-16-12-5-3-2-4-6-12/h2-9,16H,10H2,1H3,(H,17,19). The van der Waals surface area contributed by atoms with Crippen LogP contribution >= 0.6 is 0 Å². The lowest BCUT2D eigenvalue weighted by molar-refractivity contribution is -0.383. The average Bonchev–Trinajstić information content (AvgIpc) is 2.46. The summed E-state index contributed by atoms with van der Waals surface area (Å²) in [5.41, 5.74) is 1.74. The van der Waals surface area contributed by atoms with Crippen LogP contribution in [-0.4, -0.2) is 17.4 Å². The fraction of sp³-hybridized carbons (Fsp3) is 0.133. The van der Waals surface area contributed by atoms with Crippen molar-refractivity contribution in [1.82, 2.24) is 0 Å². The third-order valence-corrected chi connectivity index (χ3v) is 2.85. The minimum Gasteiger partial charge on any atom is -0.376 e. The Balaban J connectivity index is 2.02. The summed E-state index contributed by atoms with van der Waals surface area (Å²) < 4.78 is 0. The number of hydrogen-bond acceptors (Lipinski definition) is 4. The molecule has 0 bridgehead atoms. The number of carbonyl (C=O) groups is 1. The van der Waals surface area contributed by atoms with Crippen molar-refractivity contribution in [3.63, 3.8) is 0 Å². The van der Waals surface area contributed by atoms with Crippen LogP contribution in [0.25, 0.3) is 0 Å². The number of hydrogen-bond donors (Lipinski definition) is 2. The fourth-order valence-electron chi connectivity index (χ4n) is 1.84. The average molecular weight is 285 g/mol. The highest BCUT2D eigenvalue weighted by molar-refractivity contribution is 5.95. The number of aryl methyl sites for hydroxylation is 1. The van der Waals surface area contributed by atoms with E-state index in [2.05, 4.69) is 10.6 Å². The summed E-state index contributed by atoms with van der Waals surface area (Å²) in [7, 11) is 0. The van der Waals surface area contributed by atoms with Gasteiger partial charge in [0.05, 0.1) is 11.5 Å². The number of benzene rings is 2. The quantitative estimate of drug-likeness (QED) is 0.653. The SMILES string of the molecule is Cc1ccc([N+](=O)[O-])c(NC(=O)CNc2ccccc2)c1. The van der Waals surface area contributed by atoms with Gasteiger partial charge in [0.2, 0.25) is 5.91 Å². The molecule has 0 aliphatic rings. The third kappa shape index (κ3) is 4.04. The van der Waals surface area contributed by atoms with Crippen molar-refractivity contribution in [3.05, 3.63) is 64.2 Å². The second-order valence-electron chi connectivity index (χ2n) is 4.55. The van der Waals surface area contributed by atoms with Gasteiger partial charge in [-0.2, -0.15) is 0 Å². The lowest BCUT2D eigenvalue weighted by atomic mass is 10.2. The highest BCUT2D eigenvalue weighted by Crippen LogP contribution is 2.25. The zero-order valence-electron chi connectivity index (χ0n) is 11.5. The van der Waals surface area contributed by atoms with Gasteiger partial charge in [0.15, 0.2) is 0 Å². The summed E-state index contributed by atoms with van der Waals surface area (Å²) in [6, 6.07) is 13.9. The molecule has 0 heterocycles. The Bertz CT molecular complexity index is 656. The van der Waals surface area contributed by atoms with Gasteiger partial charge in [-0.3, -0.25) is 14.9 Å². The number of rotatable bonds is 5. The molecule has 21 heavy (non-hydrogen) atoms. The molecule has 0 fully saturated rings. The maximum Gasteiger partial charge on any atom is 0.292 e. The van der Waals surface area contributed by atoms with E-state index in [0.29, 0.717) is 0 Å². The Kier molecular flexibility index (Phi) is 4.50. The zero-order chi connectivity index (χ0) is 15.2. The summed E-state index contributed by atoms with van der Waals surface area (Å²) >= 11 is 0. The van der Waals surface area contributed by atoms with E-state index < -0.39 is 4.92 Å². The molecule has 108 valence electrons. The molecule has 0 saturated carbocycles.